The number of anilines is 1. The molecular formula is C28H19F3N4O5S. The summed E-state index contributed by atoms with van der Waals surface area (Å²) >= 11 is 0. The van der Waals surface area contributed by atoms with Gasteiger partial charge < -0.3 is 4.98 Å². The fraction of sp³-hybridized carbons (Fsp3) is 0.0357. The van der Waals surface area contributed by atoms with Crippen molar-refractivity contribution in [2.24, 2.45) is 0 Å². The van der Waals surface area contributed by atoms with Crippen LogP contribution in [0.2, 0.25) is 0 Å². The van der Waals surface area contributed by atoms with Crippen LogP contribution in [0.1, 0.15) is 26.3 Å². The third-order valence-electron chi connectivity index (χ3n) is 6.10. The first kappa shape index (κ1) is 27.6. The van der Waals surface area contributed by atoms with Crippen molar-refractivity contribution in [2.75, 3.05) is 11.8 Å². The number of amides is 1. The number of hydroxylamine groups is 1. The first-order valence-electron chi connectivity index (χ1n) is 11.8. The van der Waals surface area contributed by atoms with Gasteiger partial charge in [-0.15, -0.1) is 0 Å². The summed E-state index contributed by atoms with van der Waals surface area (Å²) in [4.78, 5) is 36.8. The molecule has 2 aromatic heterocycles. The van der Waals surface area contributed by atoms with E-state index in [4.69, 9.17) is 0 Å². The minimum absolute atomic E-state index is 0.134. The van der Waals surface area contributed by atoms with Crippen molar-refractivity contribution in [2.45, 2.75) is 4.90 Å². The van der Waals surface area contributed by atoms with Crippen molar-refractivity contribution in [1.29, 1.82) is 0 Å². The number of carbonyl (C=O) groups excluding carboxylic acids is 2. The van der Waals surface area contributed by atoms with Gasteiger partial charge in [0.05, 0.1) is 23.3 Å². The average Bonchev–Trinajstić information content (AvgIpc) is 3.38. The predicted molar refractivity (Wildman–Crippen MR) is 143 cm³/mol. The molecular weight excluding hydrogens is 561 g/mol. The molecule has 5 rings (SSSR count). The summed E-state index contributed by atoms with van der Waals surface area (Å²) in [6.07, 6.45) is 2.72. The van der Waals surface area contributed by atoms with Crippen LogP contribution in [-0.4, -0.2) is 37.2 Å². The first-order valence-corrected chi connectivity index (χ1v) is 13.3. The largest absolute Gasteiger partial charge is 0.345 e. The second-order valence-electron chi connectivity index (χ2n) is 8.71. The van der Waals surface area contributed by atoms with Gasteiger partial charge in [-0.1, -0.05) is 18.2 Å². The molecule has 1 amide bonds. The van der Waals surface area contributed by atoms with Crippen LogP contribution in [0, 0.1) is 17.5 Å². The Kier molecular flexibility index (Phi) is 7.30. The highest BCUT2D eigenvalue weighted by molar-refractivity contribution is 7.92. The normalized spacial score (nSPS) is 11.4. The zero-order valence-corrected chi connectivity index (χ0v) is 21.9. The van der Waals surface area contributed by atoms with Crippen molar-refractivity contribution in [3.63, 3.8) is 0 Å². The van der Waals surface area contributed by atoms with E-state index < -0.39 is 55.3 Å². The number of aromatic nitrogens is 2. The van der Waals surface area contributed by atoms with Crippen LogP contribution in [0.3, 0.4) is 0 Å². The van der Waals surface area contributed by atoms with E-state index in [1.54, 1.807) is 30.3 Å². The summed E-state index contributed by atoms with van der Waals surface area (Å²) in [5.41, 5.74) is 1.96. The Morgan fingerprint density at radius 3 is 2.49 bits per heavy atom. The number of pyridine rings is 1. The number of H-pyrrole nitrogens is 1. The predicted octanol–water partition coefficient (Wildman–Crippen LogP) is 4.97. The Labute approximate surface area is 231 Å². The molecule has 0 unspecified atom stereocenters. The fourth-order valence-electron chi connectivity index (χ4n) is 4.15. The molecule has 0 spiro atoms. The van der Waals surface area contributed by atoms with Crippen molar-refractivity contribution >= 4 is 38.4 Å². The van der Waals surface area contributed by atoms with Crippen LogP contribution < -0.4 is 10.2 Å². The van der Waals surface area contributed by atoms with Gasteiger partial charge >= 0.3 is 0 Å². The molecule has 3 aromatic carbocycles. The Bertz CT molecular complexity index is 1940. The number of halogens is 3. The molecule has 9 nitrogen and oxygen atoms in total. The van der Waals surface area contributed by atoms with Gasteiger partial charge in [0.2, 0.25) is 5.78 Å². The second-order valence-corrected chi connectivity index (χ2v) is 10.4. The Morgan fingerprint density at radius 2 is 1.73 bits per heavy atom. The molecule has 0 fully saturated rings. The molecule has 0 radical (unpaired) electrons. The number of ketones is 1. The van der Waals surface area contributed by atoms with E-state index in [1.165, 1.54) is 19.5 Å². The number of rotatable bonds is 8. The maximum Gasteiger partial charge on any atom is 0.274 e. The van der Waals surface area contributed by atoms with Gasteiger partial charge in [-0.25, -0.2) is 32.1 Å². The van der Waals surface area contributed by atoms with Gasteiger partial charge in [0.1, 0.15) is 17.3 Å². The van der Waals surface area contributed by atoms with E-state index in [1.807, 2.05) is 4.72 Å². The molecule has 0 saturated heterocycles. The molecule has 0 saturated carbocycles. The van der Waals surface area contributed by atoms with Gasteiger partial charge in [-0.3, -0.25) is 19.1 Å². The lowest BCUT2D eigenvalue weighted by Gasteiger charge is -2.12. The van der Waals surface area contributed by atoms with Gasteiger partial charge in [-0.05, 0) is 54.1 Å². The number of nitrogens with zero attached hydrogens (tertiary/aromatic N) is 1. The smallest absolute Gasteiger partial charge is 0.274 e. The minimum atomic E-state index is -4.47. The molecule has 5 aromatic rings. The molecule has 0 aliphatic rings. The SMILES string of the molecule is CONC(=O)c1cccc(-c2cnc3[nH]cc(C(=O)c4c(F)ccc(NS(=O)(=O)c5cccc(F)c5)c4F)c3c2)c1. The van der Waals surface area contributed by atoms with Crippen molar-refractivity contribution < 1.29 is 36.0 Å². The molecule has 13 heteroatoms. The Hall–Kier alpha value is -5.01. The fourth-order valence-corrected chi connectivity index (χ4v) is 5.24. The maximum atomic E-state index is 15.5. The minimum Gasteiger partial charge on any atom is -0.345 e. The third kappa shape index (κ3) is 5.40. The lowest BCUT2D eigenvalue weighted by atomic mass is 9.99. The summed E-state index contributed by atoms with van der Waals surface area (Å²) in [7, 11) is -3.17. The molecule has 41 heavy (non-hydrogen) atoms. The highest BCUT2D eigenvalue weighted by Gasteiger charge is 2.26. The summed E-state index contributed by atoms with van der Waals surface area (Å²) in [6, 6.07) is 13.6. The molecule has 0 atom stereocenters. The average molecular weight is 581 g/mol. The molecule has 3 N–H and O–H groups in total. The van der Waals surface area contributed by atoms with Crippen molar-refractivity contribution in [3.8, 4) is 11.1 Å². The summed E-state index contributed by atoms with van der Waals surface area (Å²) in [5.74, 6) is -5.08. The second kappa shape index (κ2) is 10.9. The molecule has 0 aliphatic carbocycles. The zero-order valence-electron chi connectivity index (χ0n) is 21.0. The number of carbonyl (C=O) groups is 2. The number of hydrogen-bond acceptors (Lipinski definition) is 6. The number of benzene rings is 3. The van der Waals surface area contributed by atoms with Crippen LogP contribution in [0.25, 0.3) is 22.2 Å². The zero-order chi connectivity index (χ0) is 29.3. The summed E-state index contributed by atoms with van der Waals surface area (Å²) < 4.78 is 71.2. The lowest BCUT2D eigenvalue weighted by molar-refractivity contribution is 0.0537. The highest BCUT2D eigenvalue weighted by Crippen LogP contribution is 2.30. The van der Waals surface area contributed by atoms with Gasteiger partial charge in [0.15, 0.2) is 5.82 Å². The monoisotopic (exact) mass is 580 g/mol. The summed E-state index contributed by atoms with van der Waals surface area (Å²) in [5, 5.41) is 0.226. The first-order chi connectivity index (χ1) is 19.6. The topological polar surface area (TPSA) is 130 Å². The standard InChI is InChI=1S/C28H19F3N4O5S/c1-40-34-28(37)16-5-2-4-15(10-16)17-11-20-21(14-33-27(20)32-13-17)26(36)24-22(30)8-9-23(25(24)31)35-41(38,39)19-7-3-6-18(29)12-19/h2-14,35H,1H3,(H,32,33)(H,34,37). The van der Waals surface area contributed by atoms with E-state index in [-0.39, 0.29) is 22.2 Å². The van der Waals surface area contributed by atoms with E-state index in [0.29, 0.717) is 11.1 Å². The van der Waals surface area contributed by atoms with Crippen LogP contribution in [0.4, 0.5) is 18.9 Å². The van der Waals surface area contributed by atoms with Crippen molar-refractivity contribution in [1.82, 2.24) is 15.4 Å². The van der Waals surface area contributed by atoms with Gasteiger partial charge in [-0.2, -0.15) is 0 Å². The molecule has 0 bridgehead atoms. The lowest BCUT2D eigenvalue weighted by Crippen LogP contribution is -2.21. The van der Waals surface area contributed by atoms with Crippen LogP contribution in [0.5, 0.6) is 0 Å². The molecule has 0 aliphatic heterocycles. The number of hydrogen-bond donors (Lipinski definition) is 3. The molecule has 208 valence electrons. The van der Waals surface area contributed by atoms with Gasteiger partial charge in [0.25, 0.3) is 15.9 Å². The third-order valence-corrected chi connectivity index (χ3v) is 7.46. The quantitative estimate of drug-likeness (QED) is 0.176. The van der Waals surface area contributed by atoms with E-state index in [2.05, 4.69) is 20.3 Å². The number of fused-ring (bicyclic) bond motifs is 1. The van der Waals surface area contributed by atoms with E-state index >= 15 is 4.39 Å². The Morgan fingerprint density at radius 1 is 0.951 bits per heavy atom. The van der Waals surface area contributed by atoms with Gasteiger partial charge in [0, 0.05) is 34.5 Å². The van der Waals surface area contributed by atoms with Crippen molar-refractivity contribution in [3.05, 3.63) is 113 Å². The van der Waals surface area contributed by atoms with Crippen LogP contribution >= 0.6 is 0 Å². The molecule has 2 heterocycles. The number of sulfonamides is 1. The number of nitrogens with one attached hydrogen (secondary N) is 3. The summed E-state index contributed by atoms with van der Waals surface area (Å²) in [6.45, 7) is 0. The highest BCUT2D eigenvalue weighted by atomic mass is 32.2. The van der Waals surface area contributed by atoms with E-state index in [0.717, 1.165) is 36.4 Å². The Balaban J connectivity index is 1.52. The maximum absolute atomic E-state index is 15.5. The van der Waals surface area contributed by atoms with Crippen LogP contribution in [0.15, 0.2) is 84.0 Å². The van der Waals surface area contributed by atoms with E-state index in [9.17, 15) is 26.8 Å². The van der Waals surface area contributed by atoms with Crippen LogP contribution in [-0.2, 0) is 14.9 Å². The number of aromatic amines is 1.